The molecule has 3 heterocycles. The van der Waals surface area contributed by atoms with E-state index in [-0.39, 0.29) is 17.5 Å². The number of nitrogens with zero attached hydrogens (tertiary/aromatic N) is 5. The van der Waals surface area contributed by atoms with Gasteiger partial charge in [-0.05, 0) is 68.3 Å². The molecule has 0 radical (unpaired) electrons. The summed E-state index contributed by atoms with van der Waals surface area (Å²) in [5.41, 5.74) is -0.396. The number of amides is 2. The van der Waals surface area contributed by atoms with Crippen LogP contribution in [0.4, 0.5) is 18.0 Å². The molecule has 2 saturated heterocycles. The SMILES string of the molecule is CCCCc1ncn(C2CC3(C2)CN(C(=O)N2CCC(NSc4ccc(C(F)(F)F)cc4)CC2)C3)n1. The first-order valence-corrected chi connectivity index (χ1v) is 13.6. The van der Waals surface area contributed by atoms with Crippen LogP contribution in [0.25, 0.3) is 0 Å². The monoisotopic (exact) mass is 522 g/mol. The minimum atomic E-state index is -4.32. The summed E-state index contributed by atoms with van der Waals surface area (Å²) >= 11 is 1.35. The highest BCUT2D eigenvalue weighted by molar-refractivity contribution is 7.97. The molecule has 1 aromatic heterocycles. The molecule has 5 rings (SSSR count). The predicted molar refractivity (Wildman–Crippen MR) is 131 cm³/mol. The zero-order valence-corrected chi connectivity index (χ0v) is 21.3. The van der Waals surface area contributed by atoms with Crippen LogP contribution >= 0.6 is 11.9 Å². The molecule has 11 heteroatoms. The number of aromatic nitrogens is 3. The first-order chi connectivity index (χ1) is 17.2. The summed E-state index contributed by atoms with van der Waals surface area (Å²) in [6.45, 7) is 5.19. The lowest BCUT2D eigenvalue weighted by atomic mass is 9.61. The van der Waals surface area contributed by atoms with Gasteiger partial charge in [0.2, 0.25) is 0 Å². The molecule has 0 bridgehead atoms. The molecule has 2 amide bonds. The van der Waals surface area contributed by atoms with Crippen LogP contribution in [-0.4, -0.2) is 62.8 Å². The van der Waals surface area contributed by atoms with E-state index in [2.05, 4.69) is 21.7 Å². The van der Waals surface area contributed by atoms with Gasteiger partial charge in [-0.3, -0.25) is 4.72 Å². The van der Waals surface area contributed by atoms with Crippen LogP contribution in [0.2, 0.25) is 0 Å². The van der Waals surface area contributed by atoms with Gasteiger partial charge in [0, 0.05) is 49.0 Å². The Bertz CT molecular complexity index is 1040. The summed E-state index contributed by atoms with van der Waals surface area (Å²) in [7, 11) is 0. The van der Waals surface area contributed by atoms with Gasteiger partial charge in [0.05, 0.1) is 11.6 Å². The minimum Gasteiger partial charge on any atom is -0.325 e. The molecule has 0 atom stereocenters. The molecule has 1 spiro atoms. The third kappa shape index (κ3) is 5.51. The molecular formula is C25H33F3N6OS. The maximum atomic E-state index is 13.0. The van der Waals surface area contributed by atoms with E-state index in [1.807, 2.05) is 20.8 Å². The van der Waals surface area contributed by atoms with Gasteiger partial charge in [-0.2, -0.15) is 18.3 Å². The zero-order valence-electron chi connectivity index (χ0n) is 20.5. The number of benzene rings is 1. The quantitative estimate of drug-likeness (QED) is 0.509. The van der Waals surface area contributed by atoms with Crippen molar-refractivity contribution in [1.82, 2.24) is 29.3 Å². The average Bonchev–Trinajstić information content (AvgIpc) is 3.28. The molecule has 7 nitrogen and oxygen atoms in total. The zero-order chi connectivity index (χ0) is 25.3. The van der Waals surface area contributed by atoms with E-state index >= 15 is 0 Å². The van der Waals surface area contributed by atoms with Crippen molar-refractivity contribution in [2.24, 2.45) is 5.41 Å². The van der Waals surface area contributed by atoms with Crippen molar-refractivity contribution < 1.29 is 18.0 Å². The number of carbonyl (C=O) groups is 1. The number of piperidine rings is 1. The van der Waals surface area contributed by atoms with Crippen LogP contribution in [0, 0.1) is 5.41 Å². The summed E-state index contributed by atoms with van der Waals surface area (Å²) in [5.74, 6) is 0.930. The number of halogens is 3. The third-order valence-electron chi connectivity index (χ3n) is 7.63. The number of hydrogen-bond acceptors (Lipinski definition) is 5. The van der Waals surface area contributed by atoms with Crippen LogP contribution in [0.3, 0.4) is 0 Å². The van der Waals surface area contributed by atoms with Gasteiger partial charge in [0.15, 0.2) is 5.82 Å². The average molecular weight is 523 g/mol. The van der Waals surface area contributed by atoms with Crippen molar-refractivity contribution in [2.75, 3.05) is 26.2 Å². The first-order valence-electron chi connectivity index (χ1n) is 12.8. The Labute approximate surface area is 213 Å². The topological polar surface area (TPSA) is 66.3 Å². The van der Waals surface area contributed by atoms with E-state index in [9.17, 15) is 18.0 Å². The molecule has 3 fully saturated rings. The number of alkyl halides is 3. The lowest BCUT2D eigenvalue weighted by Crippen LogP contribution is -2.66. The van der Waals surface area contributed by atoms with Crippen LogP contribution in [0.5, 0.6) is 0 Å². The molecule has 2 aliphatic heterocycles. The van der Waals surface area contributed by atoms with Gasteiger partial charge in [-0.25, -0.2) is 14.5 Å². The van der Waals surface area contributed by atoms with Crippen molar-refractivity contribution in [3.8, 4) is 0 Å². The Morgan fingerprint density at radius 2 is 1.83 bits per heavy atom. The first kappa shape index (κ1) is 25.4. The largest absolute Gasteiger partial charge is 0.416 e. The number of carbonyl (C=O) groups excluding carboxylic acids is 1. The van der Waals surface area contributed by atoms with E-state index in [0.29, 0.717) is 19.1 Å². The molecule has 1 aliphatic carbocycles. The van der Waals surface area contributed by atoms with Crippen molar-refractivity contribution in [2.45, 2.75) is 75.0 Å². The fourth-order valence-electron chi connectivity index (χ4n) is 5.47. The summed E-state index contributed by atoms with van der Waals surface area (Å²) in [6, 6.07) is 5.92. The molecular weight excluding hydrogens is 489 g/mol. The molecule has 196 valence electrons. The lowest BCUT2D eigenvalue weighted by molar-refractivity contribution is -0.137. The Balaban J connectivity index is 1.00. The van der Waals surface area contributed by atoms with E-state index in [1.54, 1.807) is 0 Å². The number of rotatable bonds is 7. The second-order valence-corrected chi connectivity index (χ2v) is 11.4. The Kier molecular flexibility index (Phi) is 7.22. The Morgan fingerprint density at radius 3 is 2.47 bits per heavy atom. The van der Waals surface area contributed by atoms with Crippen LogP contribution in [0.1, 0.15) is 62.9 Å². The molecule has 1 aromatic carbocycles. The standard InChI is InChI=1S/C25H33F3N6OS/c1-2-3-4-22-29-17-34(30-22)20-13-24(14-20)15-33(16-24)23(35)32-11-9-19(10-12-32)31-36-21-7-5-18(6-8-21)25(26,27)28/h5-8,17,19-20,31H,2-4,9-16H2,1H3. The number of nitrogens with one attached hydrogen (secondary N) is 1. The van der Waals surface area contributed by atoms with E-state index < -0.39 is 11.7 Å². The minimum absolute atomic E-state index is 0.125. The van der Waals surface area contributed by atoms with Crippen molar-refractivity contribution >= 4 is 18.0 Å². The van der Waals surface area contributed by atoms with Gasteiger partial charge in [-0.1, -0.05) is 13.3 Å². The second kappa shape index (κ2) is 10.2. The molecule has 1 saturated carbocycles. The fourth-order valence-corrected chi connectivity index (χ4v) is 6.28. The normalized spacial score (nSPS) is 20.4. The number of aryl methyl sites for hydroxylation is 1. The summed E-state index contributed by atoms with van der Waals surface area (Å²) in [6.07, 6.45) is 4.49. The number of unbranched alkanes of at least 4 members (excludes halogenated alkanes) is 1. The molecule has 0 unspecified atom stereocenters. The highest BCUT2D eigenvalue weighted by Gasteiger charge is 2.55. The van der Waals surface area contributed by atoms with Gasteiger partial charge in [0.25, 0.3) is 0 Å². The summed E-state index contributed by atoms with van der Waals surface area (Å²) < 4.78 is 43.5. The smallest absolute Gasteiger partial charge is 0.325 e. The van der Waals surface area contributed by atoms with Crippen molar-refractivity contribution in [3.05, 3.63) is 42.0 Å². The number of urea groups is 1. The molecule has 3 aliphatic rings. The third-order valence-corrected chi connectivity index (χ3v) is 8.59. The molecule has 1 N–H and O–H groups in total. The van der Waals surface area contributed by atoms with Crippen molar-refractivity contribution in [1.29, 1.82) is 0 Å². The maximum Gasteiger partial charge on any atom is 0.416 e. The highest BCUT2D eigenvalue weighted by Crippen LogP contribution is 2.54. The predicted octanol–water partition coefficient (Wildman–Crippen LogP) is 5.16. The number of likely N-dealkylation sites (tertiary alicyclic amines) is 2. The van der Waals surface area contributed by atoms with Crippen LogP contribution < -0.4 is 4.72 Å². The molecule has 2 aromatic rings. The Hall–Kier alpha value is -2.27. The highest BCUT2D eigenvalue weighted by atomic mass is 32.2. The van der Waals surface area contributed by atoms with Gasteiger partial charge >= 0.3 is 12.2 Å². The van der Waals surface area contributed by atoms with Gasteiger partial charge in [0.1, 0.15) is 6.33 Å². The van der Waals surface area contributed by atoms with E-state index in [1.165, 1.54) is 24.1 Å². The summed E-state index contributed by atoms with van der Waals surface area (Å²) in [5, 5.41) is 4.64. The Morgan fingerprint density at radius 1 is 1.14 bits per heavy atom. The maximum absolute atomic E-state index is 13.0. The van der Waals surface area contributed by atoms with Gasteiger partial charge in [-0.15, -0.1) is 0 Å². The fraction of sp³-hybridized carbons (Fsp3) is 0.640. The van der Waals surface area contributed by atoms with Crippen molar-refractivity contribution in [3.63, 3.8) is 0 Å². The number of hydrogen-bond donors (Lipinski definition) is 1. The second-order valence-electron chi connectivity index (χ2n) is 10.4. The lowest BCUT2D eigenvalue weighted by Gasteiger charge is -2.59. The van der Waals surface area contributed by atoms with Crippen LogP contribution in [0.15, 0.2) is 35.5 Å². The molecule has 36 heavy (non-hydrogen) atoms. The summed E-state index contributed by atoms with van der Waals surface area (Å²) in [4.78, 5) is 22.0. The van der Waals surface area contributed by atoms with E-state index in [0.717, 1.165) is 80.9 Å². The van der Waals surface area contributed by atoms with Gasteiger partial charge < -0.3 is 9.80 Å². The van der Waals surface area contributed by atoms with E-state index in [4.69, 9.17) is 0 Å². The van der Waals surface area contributed by atoms with Crippen LogP contribution in [-0.2, 0) is 12.6 Å².